The topological polar surface area (TPSA) is 30.7 Å². The summed E-state index contributed by atoms with van der Waals surface area (Å²) in [5.41, 5.74) is 2.63. The molecule has 0 aliphatic heterocycles. The van der Waals surface area contributed by atoms with Gasteiger partial charge in [0.1, 0.15) is 11.0 Å². The Kier molecular flexibility index (Phi) is 2.96. The molecule has 0 amide bonds. The molecule has 0 atom stereocenters. The molecule has 0 spiro atoms. The minimum atomic E-state index is 0.856. The third-order valence-corrected chi connectivity index (χ3v) is 2.19. The van der Waals surface area contributed by atoms with Gasteiger partial charge < -0.3 is 0 Å². The van der Waals surface area contributed by atoms with Gasteiger partial charge in [0.15, 0.2) is 0 Å². The molecule has 0 aliphatic carbocycles. The lowest BCUT2D eigenvalue weighted by Gasteiger charge is -1.96. The normalized spacial score (nSPS) is 12.4. The van der Waals surface area contributed by atoms with Crippen LogP contribution < -0.4 is 0 Å². The van der Waals surface area contributed by atoms with Crippen molar-refractivity contribution < 1.29 is 0 Å². The van der Waals surface area contributed by atoms with Gasteiger partial charge in [-0.3, -0.25) is 0 Å². The highest BCUT2D eigenvalue weighted by Crippen LogP contribution is 2.11. The maximum atomic E-state index is 4.37. The zero-order valence-corrected chi connectivity index (χ0v) is 9.17. The van der Waals surface area contributed by atoms with Gasteiger partial charge in [-0.05, 0) is 31.2 Å². The molecule has 0 fully saturated rings. The number of nitrogens with zero attached hydrogens (tertiary/aromatic N) is 3. The highest BCUT2D eigenvalue weighted by atomic mass is 15.5. The van der Waals surface area contributed by atoms with Crippen LogP contribution in [0.4, 0.5) is 0 Å². The molecular formula is C13H13N3. The first-order valence-electron chi connectivity index (χ1n) is 5.13. The molecule has 80 valence electrons. The lowest BCUT2D eigenvalue weighted by Crippen LogP contribution is -1.98. The van der Waals surface area contributed by atoms with E-state index in [1.165, 1.54) is 0 Å². The van der Waals surface area contributed by atoms with Crippen LogP contribution in [-0.2, 0) is 0 Å². The first-order chi connectivity index (χ1) is 7.85. The van der Waals surface area contributed by atoms with Crippen molar-refractivity contribution >= 4 is 16.7 Å². The van der Waals surface area contributed by atoms with E-state index in [0.29, 0.717) is 0 Å². The Bertz CT molecular complexity index is 528. The first kappa shape index (κ1) is 10.4. The number of aromatic nitrogens is 3. The Hall–Kier alpha value is -2.16. The van der Waals surface area contributed by atoms with Gasteiger partial charge in [-0.25, -0.2) is 0 Å². The Morgan fingerprint density at radius 1 is 1.25 bits per heavy atom. The summed E-state index contributed by atoms with van der Waals surface area (Å²) in [4.78, 5) is 1.59. The van der Waals surface area contributed by atoms with Gasteiger partial charge in [-0.1, -0.05) is 30.9 Å². The van der Waals surface area contributed by atoms with E-state index in [1.807, 2.05) is 49.4 Å². The molecule has 3 nitrogen and oxygen atoms in total. The Morgan fingerprint density at radius 3 is 2.38 bits per heavy atom. The molecule has 0 N–H and O–H groups in total. The predicted molar refractivity (Wildman–Crippen MR) is 66.8 cm³/mol. The minimum absolute atomic E-state index is 0.856. The molecule has 0 unspecified atom stereocenters. The summed E-state index contributed by atoms with van der Waals surface area (Å²) in [6.45, 7) is 5.72. The second kappa shape index (κ2) is 4.57. The Balaban J connectivity index is 2.49. The van der Waals surface area contributed by atoms with E-state index >= 15 is 0 Å². The molecule has 0 saturated carbocycles. The van der Waals surface area contributed by atoms with Gasteiger partial charge in [-0.2, -0.15) is 4.80 Å². The second-order valence-corrected chi connectivity index (χ2v) is 3.30. The number of benzene rings is 1. The zero-order valence-electron chi connectivity index (χ0n) is 9.17. The molecule has 0 aliphatic rings. The SMILES string of the molecule is C=C/C(=C\C=C/C)n1nc2ccccc2n1. The summed E-state index contributed by atoms with van der Waals surface area (Å²) >= 11 is 0. The second-order valence-electron chi connectivity index (χ2n) is 3.30. The molecule has 1 heterocycles. The Morgan fingerprint density at radius 2 is 1.88 bits per heavy atom. The van der Waals surface area contributed by atoms with Gasteiger partial charge in [0.2, 0.25) is 0 Å². The van der Waals surface area contributed by atoms with E-state index < -0.39 is 0 Å². The van der Waals surface area contributed by atoms with Crippen molar-refractivity contribution in [2.45, 2.75) is 6.92 Å². The zero-order chi connectivity index (χ0) is 11.4. The van der Waals surface area contributed by atoms with Crippen molar-refractivity contribution in [3.05, 3.63) is 55.1 Å². The van der Waals surface area contributed by atoms with Crippen molar-refractivity contribution in [1.82, 2.24) is 15.0 Å². The third kappa shape index (κ3) is 1.93. The summed E-state index contributed by atoms with van der Waals surface area (Å²) < 4.78 is 0. The molecule has 0 bridgehead atoms. The largest absolute Gasteiger partial charge is 0.150 e. The van der Waals surface area contributed by atoms with Crippen LogP contribution in [0.1, 0.15) is 6.92 Å². The van der Waals surface area contributed by atoms with Gasteiger partial charge in [0, 0.05) is 0 Å². The van der Waals surface area contributed by atoms with Crippen LogP contribution in [0, 0.1) is 0 Å². The van der Waals surface area contributed by atoms with E-state index in [2.05, 4.69) is 16.8 Å². The molecule has 0 saturated heterocycles. The molecule has 0 radical (unpaired) electrons. The molecule has 1 aromatic carbocycles. The fourth-order valence-electron chi connectivity index (χ4n) is 1.39. The fourth-order valence-corrected chi connectivity index (χ4v) is 1.39. The van der Waals surface area contributed by atoms with Gasteiger partial charge in [0.25, 0.3) is 0 Å². The van der Waals surface area contributed by atoms with E-state index in [1.54, 1.807) is 10.9 Å². The van der Waals surface area contributed by atoms with Gasteiger partial charge >= 0.3 is 0 Å². The molecule has 1 aromatic heterocycles. The maximum absolute atomic E-state index is 4.37. The number of hydrogen-bond acceptors (Lipinski definition) is 2. The molecule has 2 aromatic rings. The highest BCUT2D eigenvalue weighted by Gasteiger charge is 2.02. The maximum Gasteiger partial charge on any atom is 0.113 e. The predicted octanol–water partition coefficient (Wildman–Crippen LogP) is 3.03. The number of rotatable bonds is 3. The lowest BCUT2D eigenvalue weighted by molar-refractivity contribution is 0.791. The number of fused-ring (bicyclic) bond motifs is 1. The third-order valence-electron chi connectivity index (χ3n) is 2.19. The average molecular weight is 211 g/mol. The molecule has 2 rings (SSSR count). The fraction of sp³-hybridized carbons (Fsp3) is 0.0769. The van der Waals surface area contributed by atoms with Crippen molar-refractivity contribution in [2.75, 3.05) is 0 Å². The van der Waals surface area contributed by atoms with Gasteiger partial charge in [0.05, 0.1) is 5.70 Å². The molecular weight excluding hydrogens is 198 g/mol. The summed E-state index contributed by atoms with van der Waals surface area (Å²) in [6.07, 6.45) is 7.54. The lowest BCUT2D eigenvalue weighted by atomic mass is 10.3. The van der Waals surface area contributed by atoms with Crippen molar-refractivity contribution in [3.63, 3.8) is 0 Å². The van der Waals surface area contributed by atoms with Crippen LogP contribution in [0.2, 0.25) is 0 Å². The highest BCUT2D eigenvalue weighted by molar-refractivity contribution is 5.74. The quantitative estimate of drug-likeness (QED) is 0.730. The summed E-state index contributed by atoms with van der Waals surface area (Å²) in [5.74, 6) is 0. The Labute approximate surface area is 94.4 Å². The van der Waals surface area contributed by atoms with E-state index in [9.17, 15) is 0 Å². The number of allylic oxidation sites excluding steroid dienone is 5. The van der Waals surface area contributed by atoms with E-state index in [0.717, 1.165) is 16.7 Å². The van der Waals surface area contributed by atoms with Crippen molar-refractivity contribution in [2.24, 2.45) is 0 Å². The van der Waals surface area contributed by atoms with Gasteiger partial charge in [-0.15, -0.1) is 10.2 Å². The summed E-state index contributed by atoms with van der Waals surface area (Å²) in [6, 6.07) is 7.78. The number of hydrogen-bond donors (Lipinski definition) is 0. The first-order valence-corrected chi connectivity index (χ1v) is 5.13. The van der Waals surface area contributed by atoms with Crippen molar-refractivity contribution in [1.29, 1.82) is 0 Å². The van der Waals surface area contributed by atoms with Crippen LogP contribution in [0.15, 0.2) is 55.1 Å². The van der Waals surface area contributed by atoms with Crippen LogP contribution in [-0.4, -0.2) is 15.0 Å². The average Bonchev–Trinajstić information content (AvgIpc) is 2.73. The van der Waals surface area contributed by atoms with Crippen LogP contribution in [0.25, 0.3) is 16.7 Å². The molecule has 3 heteroatoms. The monoisotopic (exact) mass is 211 g/mol. The van der Waals surface area contributed by atoms with Crippen LogP contribution in [0.5, 0.6) is 0 Å². The standard InChI is InChI=1S/C13H13N3/c1-3-5-8-11(4-2)16-14-12-9-6-7-10-13(12)15-16/h3-10H,2H2,1H3/b5-3-,11-8+. The summed E-state index contributed by atoms with van der Waals surface area (Å²) in [7, 11) is 0. The van der Waals surface area contributed by atoms with Crippen LogP contribution >= 0.6 is 0 Å². The van der Waals surface area contributed by atoms with E-state index in [4.69, 9.17) is 0 Å². The van der Waals surface area contributed by atoms with Crippen LogP contribution in [0.3, 0.4) is 0 Å². The van der Waals surface area contributed by atoms with Crippen molar-refractivity contribution in [3.8, 4) is 0 Å². The summed E-state index contributed by atoms with van der Waals surface area (Å²) in [5, 5.41) is 8.74. The molecule has 16 heavy (non-hydrogen) atoms. The minimum Gasteiger partial charge on any atom is -0.150 e. The smallest absolute Gasteiger partial charge is 0.113 e. The van der Waals surface area contributed by atoms with E-state index in [-0.39, 0.29) is 0 Å².